The van der Waals surface area contributed by atoms with Crippen molar-refractivity contribution in [2.24, 2.45) is 0 Å². The van der Waals surface area contributed by atoms with E-state index in [4.69, 9.17) is 11.6 Å². The van der Waals surface area contributed by atoms with Gasteiger partial charge in [0.1, 0.15) is 5.56 Å². The van der Waals surface area contributed by atoms with E-state index in [0.29, 0.717) is 22.6 Å². The van der Waals surface area contributed by atoms with Gasteiger partial charge in [0.25, 0.3) is 5.91 Å². The zero-order valence-electron chi connectivity index (χ0n) is 14.4. The number of rotatable bonds is 3. The van der Waals surface area contributed by atoms with Gasteiger partial charge in [0.15, 0.2) is 0 Å². The van der Waals surface area contributed by atoms with Gasteiger partial charge in [-0.05, 0) is 50.1 Å². The van der Waals surface area contributed by atoms with Crippen molar-refractivity contribution >= 4 is 34.1 Å². The Morgan fingerprint density at radius 1 is 1.16 bits per heavy atom. The van der Waals surface area contributed by atoms with Gasteiger partial charge >= 0.3 is 0 Å². The van der Waals surface area contributed by atoms with E-state index in [-0.39, 0.29) is 11.0 Å². The number of fused-ring (bicyclic) bond motifs is 1. The van der Waals surface area contributed by atoms with Crippen molar-refractivity contribution in [2.75, 3.05) is 5.32 Å². The maximum absolute atomic E-state index is 12.9. The number of anilines is 1. The largest absolute Gasteiger partial charge is 0.346 e. The van der Waals surface area contributed by atoms with Crippen molar-refractivity contribution in [3.05, 3.63) is 74.5 Å². The van der Waals surface area contributed by atoms with Crippen molar-refractivity contribution in [1.29, 1.82) is 0 Å². The minimum absolute atomic E-state index is 0.124. The lowest BCUT2D eigenvalue weighted by Crippen LogP contribution is -2.24. The highest BCUT2D eigenvalue weighted by Gasteiger charge is 2.17. The van der Waals surface area contributed by atoms with Crippen LogP contribution in [0.25, 0.3) is 10.9 Å². The molecule has 5 heteroatoms. The number of benzene rings is 2. The summed E-state index contributed by atoms with van der Waals surface area (Å²) in [6, 6.07) is 10.9. The summed E-state index contributed by atoms with van der Waals surface area (Å²) in [6.45, 7) is 6.38. The first kappa shape index (κ1) is 17.2. The summed E-state index contributed by atoms with van der Waals surface area (Å²) in [5, 5.41) is 3.94. The molecule has 25 heavy (non-hydrogen) atoms. The number of aryl methyl sites for hydroxylation is 3. The molecular formula is C20H19ClN2O2. The predicted octanol–water partition coefficient (Wildman–Crippen LogP) is 4.54. The SMILES string of the molecule is CCn1cc(C(=O)Nc2ccccc2C)c(=O)c2ccc(Cl)c(C)c21. The van der Waals surface area contributed by atoms with Gasteiger partial charge in [0.2, 0.25) is 5.43 Å². The average molecular weight is 355 g/mol. The molecule has 0 aliphatic heterocycles. The molecule has 1 aromatic heterocycles. The molecule has 1 N–H and O–H groups in total. The summed E-state index contributed by atoms with van der Waals surface area (Å²) in [5.41, 5.74) is 3.08. The molecule has 3 aromatic rings. The molecule has 0 atom stereocenters. The van der Waals surface area contributed by atoms with Crippen LogP contribution in [0.15, 0.2) is 47.4 Å². The zero-order valence-corrected chi connectivity index (χ0v) is 15.1. The zero-order chi connectivity index (χ0) is 18.1. The number of nitrogens with one attached hydrogen (secondary N) is 1. The van der Waals surface area contributed by atoms with Crippen LogP contribution in [0.4, 0.5) is 5.69 Å². The second-order valence-corrected chi connectivity index (χ2v) is 6.40. The van der Waals surface area contributed by atoms with Gasteiger partial charge < -0.3 is 9.88 Å². The highest BCUT2D eigenvalue weighted by molar-refractivity contribution is 6.32. The second-order valence-electron chi connectivity index (χ2n) is 6.00. The van der Waals surface area contributed by atoms with Crippen LogP contribution in [0.3, 0.4) is 0 Å². The molecular weight excluding hydrogens is 336 g/mol. The molecule has 3 rings (SSSR count). The summed E-state index contributed by atoms with van der Waals surface area (Å²) in [6.07, 6.45) is 1.61. The molecule has 0 aliphatic rings. The second kappa shape index (κ2) is 6.73. The molecule has 0 fully saturated rings. The monoisotopic (exact) mass is 354 g/mol. The number of hydrogen-bond donors (Lipinski definition) is 1. The summed E-state index contributed by atoms with van der Waals surface area (Å²) < 4.78 is 1.89. The molecule has 4 nitrogen and oxygen atoms in total. The van der Waals surface area contributed by atoms with Crippen LogP contribution >= 0.6 is 11.6 Å². The number of aromatic nitrogens is 1. The van der Waals surface area contributed by atoms with Crippen LogP contribution in [0.2, 0.25) is 5.02 Å². The molecule has 0 saturated carbocycles. The number of carbonyl (C=O) groups excluding carboxylic acids is 1. The third kappa shape index (κ3) is 3.05. The normalized spacial score (nSPS) is 10.9. The Labute approximate surface area is 151 Å². The maximum atomic E-state index is 12.9. The predicted molar refractivity (Wildman–Crippen MR) is 103 cm³/mol. The van der Waals surface area contributed by atoms with E-state index < -0.39 is 5.91 Å². The van der Waals surface area contributed by atoms with Crippen LogP contribution < -0.4 is 10.7 Å². The number of carbonyl (C=O) groups is 1. The number of pyridine rings is 1. The smallest absolute Gasteiger partial charge is 0.261 e. The Morgan fingerprint density at radius 3 is 2.56 bits per heavy atom. The Morgan fingerprint density at radius 2 is 1.88 bits per heavy atom. The minimum Gasteiger partial charge on any atom is -0.346 e. The van der Waals surface area contributed by atoms with Crippen LogP contribution in [-0.4, -0.2) is 10.5 Å². The fourth-order valence-corrected chi connectivity index (χ4v) is 3.12. The van der Waals surface area contributed by atoms with Crippen LogP contribution in [-0.2, 0) is 6.54 Å². The molecule has 0 unspecified atom stereocenters. The third-order valence-corrected chi connectivity index (χ3v) is 4.81. The summed E-state index contributed by atoms with van der Waals surface area (Å²) in [5.74, 6) is -0.406. The van der Waals surface area contributed by atoms with Gasteiger partial charge in [0.05, 0.1) is 5.52 Å². The molecule has 0 bridgehead atoms. The van der Waals surface area contributed by atoms with Crippen molar-refractivity contribution in [3.63, 3.8) is 0 Å². The van der Waals surface area contributed by atoms with Gasteiger partial charge in [-0.2, -0.15) is 0 Å². The fourth-order valence-electron chi connectivity index (χ4n) is 2.97. The molecule has 128 valence electrons. The maximum Gasteiger partial charge on any atom is 0.261 e. The molecule has 0 spiro atoms. The highest BCUT2D eigenvalue weighted by Crippen LogP contribution is 2.24. The van der Waals surface area contributed by atoms with Crippen LogP contribution in [0, 0.1) is 13.8 Å². The van der Waals surface area contributed by atoms with E-state index in [1.54, 1.807) is 18.3 Å². The van der Waals surface area contributed by atoms with E-state index >= 15 is 0 Å². The number of nitrogens with zero attached hydrogens (tertiary/aromatic N) is 1. The number of amides is 1. The Kier molecular flexibility index (Phi) is 4.64. The lowest BCUT2D eigenvalue weighted by atomic mass is 10.1. The van der Waals surface area contributed by atoms with Gasteiger partial charge in [-0.15, -0.1) is 0 Å². The Balaban J connectivity index is 2.16. The first-order chi connectivity index (χ1) is 11.9. The fraction of sp³-hybridized carbons (Fsp3) is 0.200. The topological polar surface area (TPSA) is 51.1 Å². The van der Waals surface area contributed by atoms with Gasteiger partial charge in [-0.3, -0.25) is 9.59 Å². The van der Waals surface area contributed by atoms with Crippen LogP contribution in [0.1, 0.15) is 28.4 Å². The number of para-hydroxylation sites is 1. The number of halogens is 1. The molecule has 1 amide bonds. The molecule has 0 radical (unpaired) electrons. The van der Waals surface area contributed by atoms with Crippen molar-refractivity contribution in [2.45, 2.75) is 27.3 Å². The van der Waals surface area contributed by atoms with E-state index in [1.165, 1.54) is 0 Å². The molecule has 0 saturated heterocycles. The first-order valence-corrected chi connectivity index (χ1v) is 8.51. The van der Waals surface area contributed by atoms with E-state index in [9.17, 15) is 9.59 Å². The van der Waals surface area contributed by atoms with Crippen LogP contribution in [0.5, 0.6) is 0 Å². The Bertz CT molecular complexity index is 1040. The first-order valence-electron chi connectivity index (χ1n) is 8.13. The molecule has 1 heterocycles. The lowest BCUT2D eigenvalue weighted by Gasteiger charge is -2.15. The van der Waals surface area contributed by atoms with Gasteiger partial charge in [-0.25, -0.2) is 0 Å². The quantitative estimate of drug-likeness (QED) is 0.750. The standard InChI is InChI=1S/C20H19ClN2O2/c1-4-23-11-15(20(25)22-17-8-6-5-7-12(17)2)19(24)14-9-10-16(21)13(3)18(14)23/h5-11H,4H2,1-3H3,(H,22,25). The van der Waals surface area contributed by atoms with Crippen molar-refractivity contribution in [1.82, 2.24) is 4.57 Å². The minimum atomic E-state index is -0.406. The van der Waals surface area contributed by atoms with E-state index in [1.807, 2.05) is 49.6 Å². The third-order valence-electron chi connectivity index (χ3n) is 4.40. The molecule has 2 aromatic carbocycles. The summed E-state index contributed by atoms with van der Waals surface area (Å²) >= 11 is 6.20. The Hall–Kier alpha value is -2.59. The van der Waals surface area contributed by atoms with E-state index in [2.05, 4.69) is 5.32 Å². The van der Waals surface area contributed by atoms with Crippen molar-refractivity contribution in [3.8, 4) is 0 Å². The van der Waals surface area contributed by atoms with E-state index in [0.717, 1.165) is 16.6 Å². The van der Waals surface area contributed by atoms with Crippen molar-refractivity contribution < 1.29 is 4.79 Å². The highest BCUT2D eigenvalue weighted by atomic mass is 35.5. The summed E-state index contributed by atoms with van der Waals surface area (Å²) in [4.78, 5) is 25.6. The summed E-state index contributed by atoms with van der Waals surface area (Å²) in [7, 11) is 0. The van der Waals surface area contributed by atoms with Gasteiger partial charge in [-0.1, -0.05) is 29.8 Å². The number of hydrogen-bond acceptors (Lipinski definition) is 2. The average Bonchev–Trinajstić information content (AvgIpc) is 2.60. The lowest BCUT2D eigenvalue weighted by molar-refractivity contribution is 0.102. The van der Waals surface area contributed by atoms with Gasteiger partial charge in [0, 0.05) is 28.8 Å². The molecule has 0 aliphatic carbocycles.